The second-order valence-corrected chi connectivity index (χ2v) is 6.41. The zero-order chi connectivity index (χ0) is 20.2. The summed E-state index contributed by atoms with van der Waals surface area (Å²) in [5.41, 5.74) is 2.91. The normalized spacial score (nSPS) is 12.9. The molecule has 1 aromatic heterocycles. The Morgan fingerprint density at radius 2 is 2.10 bits per heavy atom. The number of tetrazole rings is 1. The molecular formula is C19H15N7O3. The zero-order valence-electron chi connectivity index (χ0n) is 15.1. The predicted octanol–water partition coefficient (Wildman–Crippen LogP) is 3.37. The molecule has 0 fully saturated rings. The lowest BCUT2D eigenvalue weighted by atomic mass is 10.1. The van der Waals surface area contributed by atoms with Crippen LogP contribution in [0.2, 0.25) is 0 Å². The molecule has 1 aliphatic carbocycles. The highest BCUT2D eigenvalue weighted by atomic mass is 16.6. The van der Waals surface area contributed by atoms with E-state index in [1.807, 2.05) is 24.3 Å². The van der Waals surface area contributed by atoms with E-state index in [1.54, 1.807) is 6.07 Å². The number of H-pyrrole nitrogens is 1. The van der Waals surface area contributed by atoms with E-state index in [0.29, 0.717) is 17.2 Å². The van der Waals surface area contributed by atoms with Gasteiger partial charge in [0, 0.05) is 24.0 Å². The first-order valence-electron chi connectivity index (χ1n) is 8.82. The number of allylic oxidation sites excluding steroid dienone is 1. The summed E-state index contributed by atoms with van der Waals surface area (Å²) in [6.07, 6.45) is 4.54. The number of nitro groups is 1. The Hall–Kier alpha value is -4.26. The number of anilines is 1. The molecule has 0 spiro atoms. The summed E-state index contributed by atoms with van der Waals surface area (Å²) >= 11 is 0. The van der Waals surface area contributed by atoms with Crippen molar-refractivity contribution in [1.82, 2.24) is 20.6 Å². The molecular weight excluding hydrogens is 374 g/mol. The number of nitrogens with one attached hydrogen (secondary N) is 2. The van der Waals surface area contributed by atoms with Gasteiger partial charge in [-0.1, -0.05) is 6.07 Å². The molecule has 0 atom stereocenters. The summed E-state index contributed by atoms with van der Waals surface area (Å²) in [5, 5.41) is 36.5. The summed E-state index contributed by atoms with van der Waals surface area (Å²) in [6, 6.07) is 12.1. The molecule has 1 heterocycles. The molecule has 0 aliphatic heterocycles. The number of benzene rings is 2. The molecule has 0 radical (unpaired) electrons. The van der Waals surface area contributed by atoms with Crippen molar-refractivity contribution in [1.29, 1.82) is 5.26 Å². The van der Waals surface area contributed by atoms with E-state index in [9.17, 15) is 15.4 Å². The third-order valence-electron chi connectivity index (χ3n) is 4.50. The average molecular weight is 389 g/mol. The first kappa shape index (κ1) is 18.1. The quantitative estimate of drug-likeness (QED) is 0.371. The van der Waals surface area contributed by atoms with Gasteiger partial charge in [0.2, 0.25) is 5.82 Å². The van der Waals surface area contributed by atoms with E-state index in [1.165, 1.54) is 29.5 Å². The van der Waals surface area contributed by atoms with Crippen molar-refractivity contribution >= 4 is 16.9 Å². The standard InChI is InChI=1S/C19H15N7O3/c20-10-14(19-22-24-25-23-19)11-21-15-7-16(26(27)28)9-18(8-15)29-17-5-4-12-2-1-3-13(12)6-17/h4-9,11,21H,1-3H2,(H,22,23,24,25). The van der Waals surface area contributed by atoms with Gasteiger partial charge in [0.05, 0.1) is 11.0 Å². The van der Waals surface area contributed by atoms with Crippen molar-refractivity contribution < 1.29 is 9.66 Å². The topological polar surface area (TPSA) is 143 Å². The lowest BCUT2D eigenvalue weighted by molar-refractivity contribution is -0.384. The summed E-state index contributed by atoms with van der Waals surface area (Å²) in [4.78, 5) is 10.8. The summed E-state index contributed by atoms with van der Waals surface area (Å²) in [7, 11) is 0. The van der Waals surface area contributed by atoms with Gasteiger partial charge in [-0.25, -0.2) is 0 Å². The maximum Gasteiger partial charge on any atom is 0.275 e. The smallest absolute Gasteiger partial charge is 0.275 e. The van der Waals surface area contributed by atoms with Crippen LogP contribution in [0, 0.1) is 21.4 Å². The Morgan fingerprint density at radius 1 is 1.24 bits per heavy atom. The number of nitro benzene ring substituents is 1. The van der Waals surface area contributed by atoms with Gasteiger partial charge < -0.3 is 10.1 Å². The largest absolute Gasteiger partial charge is 0.457 e. The summed E-state index contributed by atoms with van der Waals surface area (Å²) < 4.78 is 5.87. The number of aromatic nitrogens is 4. The van der Waals surface area contributed by atoms with Crippen LogP contribution in [0.5, 0.6) is 11.5 Å². The van der Waals surface area contributed by atoms with Crippen molar-refractivity contribution in [3.8, 4) is 17.6 Å². The molecule has 0 saturated heterocycles. The van der Waals surface area contributed by atoms with Crippen LogP contribution in [0.4, 0.5) is 11.4 Å². The van der Waals surface area contributed by atoms with Crippen LogP contribution >= 0.6 is 0 Å². The first-order chi connectivity index (χ1) is 14.1. The van der Waals surface area contributed by atoms with Crippen LogP contribution < -0.4 is 10.1 Å². The Kier molecular flexibility index (Phi) is 4.86. The van der Waals surface area contributed by atoms with Crippen molar-refractivity contribution in [2.75, 3.05) is 5.32 Å². The zero-order valence-corrected chi connectivity index (χ0v) is 15.1. The van der Waals surface area contributed by atoms with Crippen molar-refractivity contribution in [2.24, 2.45) is 0 Å². The molecule has 1 aliphatic rings. The van der Waals surface area contributed by atoms with Crippen molar-refractivity contribution in [3.63, 3.8) is 0 Å². The second kappa shape index (κ2) is 7.77. The molecule has 3 aromatic rings. The number of ether oxygens (including phenoxy) is 1. The molecule has 2 aromatic carbocycles. The SMILES string of the molecule is N#CC(=CNc1cc(Oc2ccc3c(c2)CCC3)cc([N+](=O)[O-])c1)c1nn[nH]n1. The van der Waals surface area contributed by atoms with Crippen molar-refractivity contribution in [2.45, 2.75) is 19.3 Å². The lowest BCUT2D eigenvalue weighted by Gasteiger charge is -2.10. The fraction of sp³-hybridized carbons (Fsp3) is 0.158. The summed E-state index contributed by atoms with van der Waals surface area (Å²) in [5.74, 6) is 1.04. The third-order valence-corrected chi connectivity index (χ3v) is 4.50. The molecule has 10 heteroatoms. The van der Waals surface area contributed by atoms with Gasteiger partial charge in [0.15, 0.2) is 0 Å². The average Bonchev–Trinajstić information content (AvgIpc) is 3.40. The number of hydrogen-bond donors (Lipinski definition) is 2. The van der Waals surface area contributed by atoms with E-state index >= 15 is 0 Å². The number of fused-ring (bicyclic) bond motifs is 1. The third kappa shape index (κ3) is 4.03. The number of hydrogen-bond acceptors (Lipinski definition) is 8. The lowest BCUT2D eigenvalue weighted by Crippen LogP contribution is -1.96. The minimum absolute atomic E-state index is 0.111. The fourth-order valence-electron chi connectivity index (χ4n) is 3.16. The number of non-ortho nitro benzene ring substituents is 1. The van der Waals surface area contributed by atoms with Crippen LogP contribution in [0.15, 0.2) is 42.6 Å². The van der Waals surface area contributed by atoms with Gasteiger partial charge in [0.1, 0.15) is 23.1 Å². The van der Waals surface area contributed by atoms with Crippen LogP contribution in [-0.2, 0) is 12.8 Å². The maximum absolute atomic E-state index is 11.3. The van der Waals surface area contributed by atoms with E-state index < -0.39 is 4.92 Å². The van der Waals surface area contributed by atoms with Gasteiger partial charge in [-0.3, -0.25) is 10.1 Å². The van der Waals surface area contributed by atoms with E-state index in [0.717, 1.165) is 19.3 Å². The molecule has 2 N–H and O–H groups in total. The number of nitrogens with zero attached hydrogens (tertiary/aromatic N) is 5. The minimum Gasteiger partial charge on any atom is -0.457 e. The van der Waals surface area contributed by atoms with Crippen LogP contribution in [0.1, 0.15) is 23.4 Å². The Bertz CT molecular complexity index is 1130. The fourth-order valence-corrected chi connectivity index (χ4v) is 3.16. The van der Waals surface area contributed by atoms with Gasteiger partial charge >= 0.3 is 0 Å². The van der Waals surface area contributed by atoms with Crippen LogP contribution in [-0.4, -0.2) is 25.5 Å². The molecule has 4 rings (SSSR count). The van der Waals surface area contributed by atoms with Crippen molar-refractivity contribution in [3.05, 3.63) is 69.7 Å². The molecule has 0 amide bonds. The first-order valence-corrected chi connectivity index (χ1v) is 8.82. The Morgan fingerprint density at radius 3 is 2.86 bits per heavy atom. The molecule has 29 heavy (non-hydrogen) atoms. The van der Waals surface area contributed by atoms with E-state index in [4.69, 9.17) is 4.74 Å². The Labute approximate surface area is 165 Å². The molecule has 0 saturated carbocycles. The highest BCUT2D eigenvalue weighted by Gasteiger charge is 2.14. The highest BCUT2D eigenvalue weighted by Crippen LogP contribution is 2.32. The van der Waals surface area contributed by atoms with Gasteiger partial charge in [-0.05, 0) is 47.7 Å². The molecule has 144 valence electrons. The predicted molar refractivity (Wildman–Crippen MR) is 103 cm³/mol. The van der Waals surface area contributed by atoms with Gasteiger partial charge in [0.25, 0.3) is 5.69 Å². The van der Waals surface area contributed by atoms with Crippen LogP contribution in [0.25, 0.3) is 5.57 Å². The number of rotatable bonds is 6. The van der Waals surface area contributed by atoms with Gasteiger partial charge in [-0.2, -0.15) is 10.5 Å². The number of aromatic amines is 1. The van der Waals surface area contributed by atoms with E-state index in [-0.39, 0.29) is 17.1 Å². The van der Waals surface area contributed by atoms with Crippen LogP contribution in [0.3, 0.4) is 0 Å². The number of aryl methyl sites for hydroxylation is 2. The monoisotopic (exact) mass is 389 g/mol. The van der Waals surface area contributed by atoms with E-state index in [2.05, 4.69) is 25.9 Å². The number of nitriles is 1. The maximum atomic E-state index is 11.3. The Balaban J connectivity index is 1.61. The minimum atomic E-state index is -0.505. The molecule has 0 unspecified atom stereocenters. The molecule has 0 bridgehead atoms. The summed E-state index contributed by atoms with van der Waals surface area (Å²) in [6.45, 7) is 0. The molecule has 10 nitrogen and oxygen atoms in total. The second-order valence-electron chi connectivity index (χ2n) is 6.41. The van der Waals surface area contributed by atoms with Gasteiger partial charge in [-0.15, -0.1) is 10.2 Å². The highest BCUT2D eigenvalue weighted by molar-refractivity contribution is 5.74.